The van der Waals surface area contributed by atoms with E-state index < -0.39 is 11.6 Å². The Morgan fingerprint density at radius 2 is 2.19 bits per heavy atom. The molecule has 1 aromatic rings. The Hall–Kier alpha value is -1.12. The smallest absolute Gasteiger partial charge is 0.159 e. The topological polar surface area (TPSA) is 35.8 Å². The first-order valence-corrected chi connectivity index (χ1v) is 5.86. The van der Waals surface area contributed by atoms with Crippen LogP contribution in [0, 0.1) is 23.0 Å². The number of benzene rings is 1. The van der Waals surface area contributed by atoms with Crippen LogP contribution in [0.3, 0.4) is 0 Å². The summed E-state index contributed by atoms with van der Waals surface area (Å²) in [7, 11) is 0. The van der Waals surface area contributed by atoms with Crippen molar-refractivity contribution in [3.63, 3.8) is 0 Å². The minimum absolute atomic E-state index is 0.275. The Morgan fingerprint density at radius 1 is 1.44 bits per heavy atom. The first kappa shape index (κ1) is 12.9. The highest BCUT2D eigenvalue weighted by atomic mass is 32.2. The van der Waals surface area contributed by atoms with Crippen LogP contribution in [0.5, 0.6) is 0 Å². The molecule has 0 bridgehead atoms. The highest BCUT2D eigenvalue weighted by Crippen LogP contribution is 2.20. The van der Waals surface area contributed by atoms with Crippen molar-refractivity contribution in [2.24, 2.45) is 0 Å². The van der Waals surface area contributed by atoms with Crippen LogP contribution in [0.15, 0.2) is 23.1 Å². The van der Waals surface area contributed by atoms with Crippen molar-refractivity contribution in [1.82, 2.24) is 5.32 Å². The number of thioether (sulfide) groups is 1. The van der Waals surface area contributed by atoms with Gasteiger partial charge in [-0.15, -0.1) is 11.8 Å². The fourth-order valence-corrected chi connectivity index (χ4v) is 2.04. The molecule has 0 aromatic heterocycles. The maximum Gasteiger partial charge on any atom is 0.159 e. The number of nitrogens with zero attached hydrogens (tertiary/aromatic N) is 1. The first-order valence-electron chi connectivity index (χ1n) is 4.88. The van der Waals surface area contributed by atoms with E-state index in [0.29, 0.717) is 17.2 Å². The zero-order valence-corrected chi connectivity index (χ0v) is 9.65. The number of halogens is 2. The molecule has 0 aliphatic rings. The van der Waals surface area contributed by atoms with E-state index in [1.54, 1.807) is 0 Å². The van der Waals surface area contributed by atoms with Crippen molar-refractivity contribution in [3.05, 3.63) is 29.8 Å². The number of rotatable bonds is 5. The standard InChI is InChI=1S/C11H12F2N2S/c1-2-15-8(6-14)7-16-9-3-4-10(12)11(13)5-9/h3-5,8,15H,2,7H2,1H3. The molecule has 0 spiro atoms. The van der Waals surface area contributed by atoms with Gasteiger partial charge in [0.05, 0.1) is 6.07 Å². The van der Waals surface area contributed by atoms with Crippen molar-refractivity contribution < 1.29 is 8.78 Å². The molecule has 0 saturated heterocycles. The van der Waals surface area contributed by atoms with Crippen LogP contribution in [0.25, 0.3) is 0 Å². The summed E-state index contributed by atoms with van der Waals surface area (Å²) < 4.78 is 25.5. The summed E-state index contributed by atoms with van der Waals surface area (Å²) >= 11 is 1.32. The lowest BCUT2D eigenvalue weighted by Gasteiger charge is -2.09. The quantitative estimate of drug-likeness (QED) is 0.806. The Kier molecular flexibility index (Phi) is 5.23. The van der Waals surface area contributed by atoms with E-state index >= 15 is 0 Å². The molecule has 1 rings (SSSR count). The maximum absolute atomic E-state index is 12.9. The SMILES string of the molecule is CCNC(C#N)CSc1ccc(F)c(F)c1. The Balaban J connectivity index is 2.54. The fraction of sp³-hybridized carbons (Fsp3) is 0.364. The van der Waals surface area contributed by atoms with Gasteiger partial charge in [0.15, 0.2) is 11.6 Å². The van der Waals surface area contributed by atoms with Crippen molar-refractivity contribution in [1.29, 1.82) is 5.26 Å². The summed E-state index contributed by atoms with van der Waals surface area (Å²) in [6, 6.07) is 5.56. The fourth-order valence-electron chi connectivity index (χ4n) is 1.13. The molecule has 1 unspecified atom stereocenters. The van der Waals surface area contributed by atoms with Crippen LogP contribution in [0.2, 0.25) is 0 Å². The maximum atomic E-state index is 12.9. The molecule has 0 aliphatic heterocycles. The molecule has 5 heteroatoms. The highest BCUT2D eigenvalue weighted by molar-refractivity contribution is 7.99. The molecule has 2 nitrogen and oxygen atoms in total. The molecule has 1 aromatic carbocycles. The third-order valence-corrected chi connectivity index (χ3v) is 3.00. The highest BCUT2D eigenvalue weighted by Gasteiger charge is 2.07. The lowest BCUT2D eigenvalue weighted by atomic mass is 10.3. The van der Waals surface area contributed by atoms with E-state index in [4.69, 9.17) is 5.26 Å². The van der Waals surface area contributed by atoms with Crippen molar-refractivity contribution in [2.75, 3.05) is 12.3 Å². The third kappa shape index (κ3) is 3.80. The normalized spacial score (nSPS) is 12.1. The van der Waals surface area contributed by atoms with E-state index in [9.17, 15) is 8.78 Å². The van der Waals surface area contributed by atoms with E-state index in [0.717, 1.165) is 12.1 Å². The van der Waals surface area contributed by atoms with Gasteiger partial charge in [-0.05, 0) is 24.7 Å². The lowest BCUT2D eigenvalue weighted by molar-refractivity contribution is 0.506. The van der Waals surface area contributed by atoms with Gasteiger partial charge in [-0.25, -0.2) is 8.78 Å². The molecule has 0 amide bonds. The molecule has 0 saturated carbocycles. The Morgan fingerprint density at radius 3 is 2.75 bits per heavy atom. The Bertz CT molecular complexity index is 390. The number of hydrogen-bond acceptors (Lipinski definition) is 3. The number of hydrogen-bond donors (Lipinski definition) is 1. The Labute approximate surface area is 97.7 Å². The molecule has 0 radical (unpaired) electrons. The summed E-state index contributed by atoms with van der Waals surface area (Å²) in [5.41, 5.74) is 0. The van der Waals surface area contributed by atoms with Gasteiger partial charge < -0.3 is 5.32 Å². The van der Waals surface area contributed by atoms with E-state index in [-0.39, 0.29) is 6.04 Å². The van der Waals surface area contributed by atoms with Gasteiger partial charge >= 0.3 is 0 Å². The summed E-state index contributed by atoms with van der Waals surface area (Å²) in [6.45, 7) is 2.61. The predicted octanol–water partition coefficient (Wildman–Crippen LogP) is 2.56. The molecule has 0 aliphatic carbocycles. The zero-order chi connectivity index (χ0) is 12.0. The predicted molar refractivity (Wildman–Crippen MR) is 60.2 cm³/mol. The second-order valence-electron chi connectivity index (χ2n) is 3.13. The zero-order valence-electron chi connectivity index (χ0n) is 8.84. The van der Waals surface area contributed by atoms with Gasteiger partial charge in [0.1, 0.15) is 6.04 Å². The van der Waals surface area contributed by atoms with Crippen LogP contribution in [-0.2, 0) is 0 Å². The van der Waals surface area contributed by atoms with Gasteiger partial charge in [-0.2, -0.15) is 5.26 Å². The second kappa shape index (κ2) is 6.46. The number of nitrogens with one attached hydrogen (secondary N) is 1. The second-order valence-corrected chi connectivity index (χ2v) is 4.22. The molecule has 1 N–H and O–H groups in total. The van der Waals surface area contributed by atoms with Crippen LogP contribution >= 0.6 is 11.8 Å². The molecular weight excluding hydrogens is 230 g/mol. The number of nitriles is 1. The third-order valence-electron chi connectivity index (χ3n) is 1.91. The molecular formula is C11H12F2N2S. The van der Waals surface area contributed by atoms with Crippen molar-refractivity contribution in [2.45, 2.75) is 17.9 Å². The van der Waals surface area contributed by atoms with Gasteiger partial charge in [0.25, 0.3) is 0 Å². The summed E-state index contributed by atoms with van der Waals surface area (Å²) in [4.78, 5) is 0.622. The van der Waals surface area contributed by atoms with Gasteiger partial charge in [-0.3, -0.25) is 0 Å². The van der Waals surface area contributed by atoms with Gasteiger partial charge in [-0.1, -0.05) is 6.92 Å². The van der Waals surface area contributed by atoms with Gasteiger partial charge in [0, 0.05) is 10.6 Å². The van der Waals surface area contributed by atoms with Crippen LogP contribution in [0.4, 0.5) is 8.78 Å². The van der Waals surface area contributed by atoms with Crippen LogP contribution in [0.1, 0.15) is 6.92 Å². The molecule has 16 heavy (non-hydrogen) atoms. The van der Waals surface area contributed by atoms with Crippen LogP contribution in [-0.4, -0.2) is 18.3 Å². The van der Waals surface area contributed by atoms with E-state index in [2.05, 4.69) is 11.4 Å². The molecule has 0 fully saturated rings. The summed E-state index contributed by atoms with van der Waals surface area (Å²) in [6.07, 6.45) is 0. The lowest BCUT2D eigenvalue weighted by Crippen LogP contribution is -2.29. The summed E-state index contributed by atoms with van der Waals surface area (Å²) in [5, 5.41) is 11.8. The van der Waals surface area contributed by atoms with E-state index in [1.165, 1.54) is 17.8 Å². The minimum Gasteiger partial charge on any atom is -0.302 e. The molecule has 86 valence electrons. The first-order chi connectivity index (χ1) is 7.67. The van der Waals surface area contributed by atoms with E-state index in [1.807, 2.05) is 6.92 Å². The molecule has 0 heterocycles. The molecule has 1 atom stereocenters. The monoisotopic (exact) mass is 242 g/mol. The average Bonchev–Trinajstić information content (AvgIpc) is 2.28. The largest absolute Gasteiger partial charge is 0.302 e. The van der Waals surface area contributed by atoms with Crippen molar-refractivity contribution >= 4 is 11.8 Å². The summed E-state index contributed by atoms with van der Waals surface area (Å²) in [5.74, 6) is -1.20. The van der Waals surface area contributed by atoms with Gasteiger partial charge in [0.2, 0.25) is 0 Å². The minimum atomic E-state index is -0.859. The van der Waals surface area contributed by atoms with Crippen molar-refractivity contribution in [3.8, 4) is 6.07 Å². The van der Waals surface area contributed by atoms with Crippen LogP contribution < -0.4 is 5.32 Å². The average molecular weight is 242 g/mol.